The molecule has 78 valence electrons. The molecule has 0 spiro atoms. The summed E-state index contributed by atoms with van der Waals surface area (Å²) in [7, 11) is 0. The van der Waals surface area contributed by atoms with Crippen LogP contribution in [0, 0.1) is 0 Å². The van der Waals surface area contributed by atoms with Gasteiger partial charge in [-0.25, -0.2) is 0 Å². The molecule has 0 fully saturated rings. The number of hydrogen-bond acceptors (Lipinski definition) is 4. The van der Waals surface area contributed by atoms with Gasteiger partial charge in [-0.05, 0) is 17.7 Å². The van der Waals surface area contributed by atoms with E-state index in [-0.39, 0.29) is 19.0 Å². The highest BCUT2D eigenvalue weighted by Crippen LogP contribution is 2.18. The highest BCUT2D eigenvalue weighted by Gasteiger charge is 2.02. The lowest BCUT2D eigenvalue weighted by Crippen LogP contribution is -1.96. The minimum atomic E-state index is -2.30. The van der Waals surface area contributed by atoms with Gasteiger partial charge in [0.1, 0.15) is 5.75 Å². The Morgan fingerprint density at radius 1 is 1.43 bits per heavy atom. The molecule has 0 aliphatic carbocycles. The first-order valence-corrected chi connectivity index (χ1v) is 4.82. The molecule has 0 aromatic heterocycles. The fourth-order valence-corrected chi connectivity index (χ4v) is 1.21. The first-order valence-electron chi connectivity index (χ1n) is 3.79. The van der Waals surface area contributed by atoms with Gasteiger partial charge < -0.3 is 10.2 Å². The third kappa shape index (κ3) is 3.08. The van der Waals surface area contributed by atoms with E-state index in [1.54, 1.807) is 6.07 Å². The highest BCUT2D eigenvalue weighted by molar-refractivity contribution is 7.74. The van der Waals surface area contributed by atoms with Crippen LogP contribution in [0.4, 0.5) is 0 Å². The van der Waals surface area contributed by atoms with Crippen molar-refractivity contribution in [2.24, 2.45) is 0 Å². The van der Waals surface area contributed by atoms with Crippen LogP contribution in [0.2, 0.25) is 0 Å². The molecule has 0 amide bonds. The number of aliphatic hydroxyl groups excluding tert-OH is 1. The second-order valence-electron chi connectivity index (χ2n) is 2.60. The summed E-state index contributed by atoms with van der Waals surface area (Å²) < 4.78 is 23.0. The summed E-state index contributed by atoms with van der Waals surface area (Å²) in [5.74, 6) is -0.0126. The van der Waals surface area contributed by atoms with E-state index in [0.717, 1.165) is 0 Å². The molecule has 0 aliphatic rings. The van der Waals surface area contributed by atoms with Crippen molar-refractivity contribution in [2.75, 3.05) is 0 Å². The minimum Gasteiger partial charge on any atom is -0.508 e. The van der Waals surface area contributed by atoms with Crippen molar-refractivity contribution in [1.82, 2.24) is 0 Å². The fraction of sp³-hybridized carbons (Fsp3) is 0.250. The van der Waals surface area contributed by atoms with Gasteiger partial charge in [0, 0.05) is 5.56 Å². The minimum absolute atomic E-state index is 0.0126. The average Bonchev–Trinajstić information content (AvgIpc) is 2.16. The molecule has 1 unspecified atom stereocenters. The molecule has 0 saturated carbocycles. The van der Waals surface area contributed by atoms with Gasteiger partial charge >= 0.3 is 11.4 Å². The van der Waals surface area contributed by atoms with Crippen LogP contribution in [0.3, 0.4) is 0 Å². The van der Waals surface area contributed by atoms with Crippen LogP contribution in [-0.2, 0) is 28.8 Å². The monoisotopic (exact) mass is 218 g/mol. The van der Waals surface area contributed by atoms with Crippen LogP contribution in [-0.4, -0.2) is 19.0 Å². The van der Waals surface area contributed by atoms with Gasteiger partial charge in [-0.1, -0.05) is 6.07 Å². The zero-order chi connectivity index (χ0) is 10.6. The third-order valence-corrected chi connectivity index (χ3v) is 1.96. The van der Waals surface area contributed by atoms with Gasteiger partial charge in [-0.3, -0.25) is 8.74 Å². The van der Waals surface area contributed by atoms with Crippen LogP contribution in [0.25, 0.3) is 0 Å². The van der Waals surface area contributed by atoms with E-state index >= 15 is 0 Å². The Morgan fingerprint density at radius 2 is 2.14 bits per heavy atom. The van der Waals surface area contributed by atoms with Crippen LogP contribution < -0.4 is 0 Å². The first-order chi connectivity index (χ1) is 6.63. The maximum Gasteiger partial charge on any atom is 0.302 e. The molecule has 14 heavy (non-hydrogen) atoms. The maximum absolute atomic E-state index is 10.2. The maximum atomic E-state index is 10.2. The normalized spacial score (nSPS) is 12.7. The number of hydrogen-bond donors (Lipinski definition) is 3. The molecule has 1 aromatic carbocycles. The second kappa shape index (κ2) is 5.06. The quantitative estimate of drug-likeness (QED) is 0.642. The molecule has 1 atom stereocenters. The summed E-state index contributed by atoms with van der Waals surface area (Å²) in [4.78, 5) is 0. The molecule has 6 heteroatoms. The van der Waals surface area contributed by atoms with E-state index < -0.39 is 11.4 Å². The van der Waals surface area contributed by atoms with E-state index in [1.165, 1.54) is 12.1 Å². The lowest BCUT2D eigenvalue weighted by Gasteiger charge is -2.04. The molecule has 0 aliphatic heterocycles. The summed E-state index contributed by atoms with van der Waals surface area (Å²) in [6.07, 6.45) is 0. The first kappa shape index (κ1) is 11.1. The van der Waals surface area contributed by atoms with Crippen molar-refractivity contribution in [1.29, 1.82) is 0 Å². The zero-order valence-electron chi connectivity index (χ0n) is 7.21. The summed E-state index contributed by atoms with van der Waals surface area (Å²) in [6.45, 7) is -0.335. The predicted octanol–water partition coefficient (Wildman–Crippen LogP) is 0.538. The number of benzene rings is 1. The standard InChI is InChI=1S/C8H10O5S/c9-4-7-3-6(1-2-8(7)10)5-13-14(11)12/h1-3,9-10H,4-5H2,(H,11,12). The lowest BCUT2D eigenvalue weighted by molar-refractivity contribution is 0.274. The Kier molecular flexibility index (Phi) is 4.02. The van der Waals surface area contributed by atoms with Gasteiger partial charge in [-0.15, -0.1) is 0 Å². The van der Waals surface area contributed by atoms with E-state index in [2.05, 4.69) is 4.18 Å². The fourth-order valence-electron chi connectivity index (χ4n) is 0.974. The molecule has 1 rings (SSSR count). The molecular weight excluding hydrogens is 208 g/mol. The van der Waals surface area contributed by atoms with Crippen LogP contribution >= 0.6 is 0 Å². The zero-order valence-corrected chi connectivity index (χ0v) is 8.03. The van der Waals surface area contributed by atoms with Crippen LogP contribution in [0.1, 0.15) is 11.1 Å². The topological polar surface area (TPSA) is 87.0 Å². The van der Waals surface area contributed by atoms with E-state index in [1.807, 2.05) is 0 Å². The molecule has 0 saturated heterocycles. The van der Waals surface area contributed by atoms with Crippen molar-refractivity contribution in [3.63, 3.8) is 0 Å². The molecule has 1 aromatic rings. The van der Waals surface area contributed by atoms with E-state index in [4.69, 9.17) is 9.66 Å². The average molecular weight is 218 g/mol. The van der Waals surface area contributed by atoms with Gasteiger partial charge in [-0.2, -0.15) is 4.21 Å². The van der Waals surface area contributed by atoms with Crippen LogP contribution in [0.15, 0.2) is 18.2 Å². The molecule has 0 bridgehead atoms. The van der Waals surface area contributed by atoms with Crippen molar-refractivity contribution < 1.29 is 23.2 Å². The molecule has 5 nitrogen and oxygen atoms in total. The van der Waals surface area contributed by atoms with Gasteiger partial charge in [0.15, 0.2) is 0 Å². The summed E-state index contributed by atoms with van der Waals surface area (Å²) in [5.41, 5.74) is 0.962. The van der Waals surface area contributed by atoms with Crippen molar-refractivity contribution in [3.8, 4) is 5.75 Å². The van der Waals surface area contributed by atoms with Gasteiger partial charge in [0.05, 0.1) is 13.2 Å². The van der Waals surface area contributed by atoms with Crippen molar-refractivity contribution >= 4 is 11.4 Å². The number of phenols is 1. The van der Waals surface area contributed by atoms with Crippen molar-refractivity contribution in [3.05, 3.63) is 29.3 Å². The number of aromatic hydroxyl groups is 1. The Labute approximate surface area is 83.4 Å². The number of rotatable bonds is 4. The van der Waals surface area contributed by atoms with Gasteiger partial charge in [0.25, 0.3) is 0 Å². The van der Waals surface area contributed by atoms with E-state index in [0.29, 0.717) is 11.1 Å². The summed E-state index contributed by atoms with van der Waals surface area (Å²) in [6, 6.07) is 4.44. The van der Waals surface area contributed by atoms with E-state index in [9.17, 15) is 9.32 Å². The van der Waals surface area contributed by atoms with Gasteiger partial charge in [0.2, 0.25) is 0 Å². The SMILES string of the molecule is O=S(O)OCc1ccc(O)c(CO)c1. The second-order valence-corrected chi connectivity index (χ2v) is 3.27. The highest BCUT2D eigenvalue weighted by atomic mass is 32.2. The molecular formula is C8H10O5S. The predicted molar refractivity (Wildman–Crippen MR) is 49.6 cm³/mol. The van der Waals surface area contributed by atoms with Crippen LogP contribution in [0.5, 0.6) is 5.75 Å². The number of aliphatic hydroxyl groups is 1. The third-order valence-electron chi connectivity index (χ3n) is 1.64. The molecule has 0 heterocycles. The smallest absolute Gasteiger partial charge is 0.302 e. The Bertz CT molecular complexity index is 339. The summed E-state index contributed by atoms with van der Waals surface area (Å²) in [5, 5.41) is 18.0. The lowest BCUT2D eigenvalue weighted by atomic mass is 10.1. The Hall–Kier alpha value is -0.950. The Balaban J connectivity index is 2.74. The summed E-state index contributed by atoms with van der Waals surface area (Å²) >= 11 is -2.30. The molecule has 0 radical (unpaired) electrons. The largest absolute Gasteiger partial charge is 0.508 e. The molecule has 3 N–H and O–H groups in total. The Morgan fingerprint density at radius 3 is 2.71 bits per heavy atom. The van der Waals surface area contributed by atoms with Crippen molar-refractivity contribution in [2.45, 2.75) is 13.2 Å².